The standard InChI is InChI=1S/C20H18F2N2O5/c1-27-12-16(20(26)28-2)15-6-4-3-5-13(15)10-24-29-19(25)11-23-18-8-7-14(21)9-17(18)22/h3-10,12,23H,11H2,1-2H3/b16-12+,24-10?. The van der Waals surface area contributed by atoms with Crippen molar-refractivity contribution in [1.29, 1.82) is 0 Å². The lowest BCUT2D eigenvalue weighted by Gasteiger charge is -2.08. The monoisotopic (exact) mass is 404 g/mol. The van der Waals surface area contributed by atoms with E-state index in [1.165, 1.54) is 26.7 Å². The molecule has 0 spiro atoms. The minimum absolute atomic E-state index is 0.0508. The highest BCUT2D eigenvalue weighted by Crippen LogP contribution is 2.20. The largest absolute Gasteiger partial charge is 0.503 e. The number of methoxy groups -OCH3 is 2. The maximum atomic E-state index is 13.5. The van der Waals surface area contributed by atoms with Gasteiger partial charge in [0, 0.05) is 17.2 Å². The van der Waals surface area contributed by atoms with Gasteiger partial charge in [0.25, 0.3) is 0 Å². The third-order valence-corrected chi connectivity index (χ3v) is 3.59. The van der Waals surface area contributed by atoms with E-state index in [0.29, 0.717) is 17.2 Å². The summed E-state index contributed by atoms with van der Waals surface area (Å²) in [6.45, 7) is -0.390. The molecule has 2 aromatic rings. The van der Waals surface area contributed by atoms with E-state index < -0.39 is 30.1 Å². The summed E-state index contributed by atoms with van der Waals surface area (Å²) in [7, 11) is 2.62. The van der Waals surface area contributed by atoms with E-state index in [1.54, 1.807) is 24.3 Å². The van der Waals surface area contributed by atoms with Gasteiger partial charge in [-0.1, -0.05) is 29.4 Å². The average Bonchev–Trinajstić information content (AvgIpc) is 2.71. The summed E-state index contributed by atoms with van der Waals surface area (Å²) >= 11 is 0. The van der Waals surface area contributed by atoms with E-state index in [9.17, 15) is 18.4 Å². The molecule has 0 aliphatic rings. The van der Waals surface area contributed by atoms with Gasteiger partial charge in [-0.15, -0.1) is 0 Å². The van der Waals surface area contributed by atoms with E-state index in [0.717, 1.165) is 12.1 Å². The number of rotatable bonds is 8. The number of esters is 1. The van der Waals surface area contributed by atoms with Crippen LogP contribution in [0.1, 0.15) is 11.1 Å². The summed E-state index contributed by atoms with van der Waals surface area (Å²) in [5.74, 6) is -2.98. The second-order valence-corrected chi connectivity index (χ2v) is 5.52. The molecule has 0 amide bonds. The third kappa shape index (κ3) is 6.13. The first-order valence-electron chi connectivity index (χ1n) is 8.29. The highest BCUT2D eigenvalue weighted by molar-refractivity contribution is 6.18. The van der Waals surface area contributed by atoms with Crippen LogP contribution < -0.4 is 5.32 Å². The van der Waals surface area contributed by atoms with Crippen LogP contribution in [0.25, 0.3) is 5.57 Å². The van der Waals surface area contributed by atoms with E-state index in [2.05, 4.69) is 10.5 Å². The van der Waals surface area contributed by atoms with Crippen LogP contribution in [0.4, 0.5) is 14.5 Å². The molecule has 1 N–H and O–H groups in total. The number of anilines is 1. The first-order chi connectivity index (χ1) is 14.0. The molecule has 0 bridgehead atoms. The molecule has 0 unspecified atom stereocenters. The van der Waals surface area contributed by atoms with Crippen LogP contribution in [0.3, 0.4) is 0 Å². The van der Waals surface area contributed by atoms with E-state index in [-0.39, 0.29) is 11.3 Å². The van der Waals surface area contributed by atoms with Gasteiger partial charge >= 0.3 is 11.9 Å². The molecule has 0 aliphatic heterocycles. The minimum atomic E-state index is -0.838. The molecule has 29 heavy (non-hydrogen) atoms. The number of nitrogens with one attached hydrogen (secondary N) is 1. The lowest BCUT2D eigenvalue weighted by molar-refractivity contribution is -0.141. The summed E-state index contributed by atoms with van der Waals surface area (Å²) in [5, 5.41) is 6.07. The van der Waals surface area contributed by atoms with E-state index >= 15 is 0 Å². The number of oxime groups is 1. The molecule has 0 saturated heterocycles. The normalized spacial score (nSPS) is 11.2. The first-order valence-corrected chi connectivity index (χ1v) is 8.29. The van der Waals surface area contributed by atoms with Crippen molar-refractivity contribution in [2.45, 2.75) is 0 Å². The number of benzene rings is 2. The molecule has 0 radical (unpaired) electrons. The molecule has 9 heteroatoms. The zero-order chi connectivity index (χ0) is 21.2. The van der Waals surface area contributed by atoms with Gasteiger partial charge in [0.1, 0.15) is 23.8 Å². The molecular weight excluding hydrogens is 386 g/mol. The van der Waals surface area contributed by atoms with Crippen LogP contribution in [0, 0.1) is 11.6 Å². The molecule has 0 aliphatic carbocycles. The van der Waals surface area contributed by atoms with Gasteiger partial charge < -0.3 is 19.6 Å². The molecule has 0 saturated carbocycles. The van der Waals surface area contributed by atoms with Crippen LogP contribution in [0.2, 0.25) is 0 Å². The molecule has 2 aromatic carbocycles. The molecule has 152 valence electrons. The van der Waals surface area contributed by atoms with Crippen molar-refractivity contribution in [2.75, 3.05) is 26.1 Å². The highest BCUT2D eigenvalue weighted by Gasteiger charge is 2.16. The van der Waals surface area contributed by atoms with Crippen LogP contribution in [0.15, 0.2) is 53.9 Å². The molecule has 0 atom stereocenters. The van der Waals surface area contributed by atoms with Crippen molar-refractivity contribution in [2.24, 2.45) is 5.16 Å². The van der Waals surface area contributed by atoms with E-state index in [4.69, 9.17) is 14.3 Å². The van der Waals surface area contributed by atoms with Gasteiger partial charge in [-0.3, -0.25) is 0 Å². The lowest BCUT2D eigenvalue weighted by atomic mass is 10.0. The summed E-state index contributed by atoms with van der Waals surface area (Å²) in [5.41, 5.74) is 1.01. The lowest BCUT2D eigenvalue weighted by Crippen LogP contribution is -2.15. The van der Waals surface area contributed by atoms with Gasteiger partial charge in [0.05, 0.1) is 32.4 Å². The fourth-order valence-corrected chi connectivity index (χ4v) is 2.28. The third-order valence-electron chi connectivity index (χ3n) is 3.59. The molecule has 2 rings (SSSR count). The predicted octanol–water partition coefficient (Wildman–Crippen LogP) is 3.11. The Morgan fingerprint density at radius 1 is 1.14 bits per heavy atom. The Balaban J connectivity index is 2.04. The van der Waals surface area contributed by atoms with Crippen molar-refractivity contribution in [3.05, 3.63) is 71.5 Å². The fourth-order valence-electron chi connectivity index (χ4n) is 2.28. The topological polar surface area (TPSA) is 86.2 Å². The summed E-state index contributed by atoms with van der Waals surface area (Å²) in [4.78, 5) is 28.4. The van der Waals surface area contributed by atoms with Crippen molar-refractivity contribution in [3.63, 3.8) is 0 Å². The fraction of sp³-hybridized carbons (Fsp3) is 0.150. The van der Waals surface area contributed by atoms with Crippen LogP contribution in [-0.2, 0) is 23.9 Å². The number of hydrogen-bond donors (Lipinski definition) is 1. The van der Waals surface area contributed by atoms with Gasteiger partial charge in [-0.2, -0.15) is 0 Å². The van der Waals surface area contributed by atoms with Gasteiger partial charge in [-0.25, -0.2) is 18.4 Å². The van der Waals surface area contributed by atoms with Gasteiger partial charge in [0.2, 0.25) is 0 Å². The van der Waals surface area contributed by atoms with Crippen LogP contribution in [-0.4, -0.2) is 38.9 Å². The number of carbonyl (C=O) groups excluding carboxylic acids is 2. The van der Waals surface area contributed by atoms with Crippen molar-refractivity contribution >= 4 is 29.4 Å². The Morgan fingerprint density at radius 3 is 2.59 bits per heavy atom. The van der Waals surface area contributed by atoms with Crippen LogP contribution >= 0.6 is 0 Å². The smallest absolute Gasteiger partial charge is 0.353 e. The zero-order valence-electron chi connectivity index (χ0n) is 15.6. The Kier molecular flexibility index (Phi) is 7.84. The minimum Gasteiger partial charge on any atom is -0.503 e. The number of halogens is 2. The number of carbonyl (C=O) groups is 2. The quantitative estimate of drug-likeness (QED) is 0.182. The van der Waals surface area contributed by atoms with Crippen LogP contribution in [0.5, 0.6) is 0 Å². The maximum absolute atomic E-state index is 13.5. The summed E-state index contributed by atoms with van der Waals surface area (Å²) in [6, 6.07) is 9.59. The number of nitrogens with zero attached hydrogens (tertiary/aromatic N) is 1. The SMILES string of the molecule is CO/C=C(/C(=O)OC)c1ccccc1C=NOC(=O)CNc1ccc(F)cc1F. The van der Waals surface area contributed by atoms with E-state index in [1.807, 2.05) is 0 Å². The maximum Gasteiger partial charge on any atom is 0.353 e. The number of ether oxygens (including phenoxy) is 2. The first kappa shape index (κ1) is 21.5. The van der Waals surface area contributed by atoms with Crippen molar-refractivity contribution < 1.29 is 32.7 Å². The Labute approximate surface area is 165 Å². The number of hydrogen-bond acceptors (Lipinski definition) is 7. The average molecular weight is 404 g/mol. The van der Waals surface area contributed by atoms with Gasteiger partial charge in [0.15, 0.2) is 0 Å². The highest BCUT2D eigenvalue weighted by atomic mass is 19.1. The molecule has 0 aromatic heterocycles. The second kappa shape index (κ2) is 10.5. The van der Waals surface area contributed by atoms with Crippen molar-refractivity contribution in [1.82, 2.24) is 0 Å². The summed E-state index contributed by atoms with van der Waals surface area (Å²) < 4.78 is 36.0. The molecular formula is C20H18F2N2O5. The second-order valence-electron chi connectivity index (χ2n) is 5.52. The zero-order valence-corrected chi connectivity index (χ0v) is 15.6. The Morgan fingerprint density at radius 2 is 1.90 bits per heavy atom. The van der Waals surface area contributed by atoms with Crippen molar-refractivity contribution in [3.8, 4) is 0 Å². The Hall–Kier alpha value is -3.75. The summed E-state index contributed by atoms with van der Waals surface area (Å²) in [6.07, 6.45) is 2.46. The Bertz CT molecular complexity index is 944. The molecule has 0 fully saturated rings. The molecule has 0 heterocycles. The predicted molar refractivity (Wildman–Crippen MR) is 102 cm³/mol. The van der Waals surface area contributed by atoms with Gasteiger partial charge in [-0.05, 0) is 12.1 Å². The molecule has 7 nitrogen and oxygen atoms in total.